The summed E-state index contributed by atoms with van der Waals surface area (Å²) in [6, 6.07) is 5.85. The average molecular weight is 371 g/mol. The first kappa shape index (κ1) is 19.4. The number of aliphatic carboxylic acids is 1. The molecule has 0 aliphatic heterocycles. The normalized spacial score (nSPS) is 28.7. The van der Waals surface area contributed by atoms with E-state index in [-0.39, 0.29) is 30.8 Å². The molecule has 1 aromatic carbocycles. The van der Waals surface area contributed by atoms with E-state index in [4.69, 9.17) is 9.94 Å². The summed E-state index contributed by atoms with van der Waals surface area (Å²) < 4.78 is 0. The fraction of sp³-hybridized carbons (Fsp3) is 0.524. The van der Waals surface area contributed by atoms with Crippen LogP contribution in [0.5, 0.6) is 0 Å². The van der Waals surface area contributed by atoms with Crippen LogP contribution in [0.1, 0.15) is 42.1 Å². The van der Waals surface area contributed by atoms with Crippen LogP contribution in [0.15, 0.2) is 23.4 Å². The monoisotopic (exact) mass is 371 g/mol. The number of carboxylic acids is 1. The molecule has 6 heteroatoms. The van der Waals surface area contributed by atoms with E-state index < -0.39 is 18.2 Å². The second-order valence-electron chi connectivity index (χ2n) is 7.42. The second-order valence-corrected chi connectivity index (χ2v) is 7.42. The van der Waals surface area contributed by atoms with E-state index in [1.165, 1.54) is 0 Å². The van der Waals surface area contributed by atoms with Gasteiger partial charge >= 0.3 is 5.97 Å². The highest BCUT2D eigenvalue weighted by Crippen LogP contribution is 2.48. The van der Waals surface area contributed by atoms with Crippen molar-refractivity contribution in [1.29, 1.82) is 0 Å². The molecule has 2 aliphatic carbocycles. The molecule has 0 bridgehead atoms. The molecule has 5 unspecified atom stereocenters. The van der Waals surface area contributed by atoms with Crippen molar-refractivity contribution in [3.8, 4) is 11.8 Å². The molecule has 0 aromatic heterocycles. The summed E-state index contributed by atoms with van der Waals surface area (Å²) in [5.41, 5.74) is 3.79. The number of aryl methyl sites for hydroxylation is 2. The van der Waals surface area contributed by atoms with Crippen LogP contribution < -0.4 is 0 Å². The maximum atomic E-state index is 10.5. The third-order valence-corrected chi connectivity index (χ3v) is 5.46. The van der Waals surface area contributed by atoms with Crippen molar-refractivity contribution in [3.05, 3.63) is 34.9 Å². The minimum atomic E-state index is -0.921. The first-order chi connectivity index (χ1) is 12.9. The Balaban J connectivity index is 1.59. The van der Waals surface area contributed by atoms with Crippen LogP contribution in [0.3, 0.4) is 0 Å². The molecule has 3 rings (SSSR count). The molecule has 5 atom stereocenters. The minimum absolute atomic E-state index is 0.0457. The quantitative estimate of drug-likeness (QED) is 0.419. The summed E-state index contributed by atoms with van der Waals surface area (Å²) in [6.07, 6.45) is -0.163. The summed E-state index contributed by atoms with van der Waals surface area (Å²) in [4.78, 5) is 15.5. The topological polar surface area (TPSA) is 99.4 Å². The zero-order valence-electron chi connectivity index (χ0n) is 15.6. The standard InChI is InChI=1S/C21H25NO5/c1-12-3-5-15(13(2)9-12)19(23)6-4-14-10-16-17(21(14)26)11-18(16)22-27-8-7-20(24)25/h3,5,9,14,16-17,19,21,23,26H,7-8,10-11H2,1-2H3,(H,24,25). The average Bonchev–Trinajstić information content (AvgIpc) is 2.83. The molecular formula is C21H25NO5. The highest BCUT2D eigenvalue weighted by molar-refractivity contribution is 5.93. The number of oxime groups is 1. The molecule has 6 nitrogen and oxygen atoms in total. The van der Waals surface area contributed by atoms with Crippen molar-refractivity contribution in [2.45, 2.75) is 45.3 Å². The Morgan fingerprint density at radius 3 is 2.89 bits per heavy atom. The summed E-state index contributed by atoms with van der Waals surface area (Å²) in [7, 11) is 0. The number of aliphatic hydroxyl groups is 2. The maximum absolute atomic E-state index is 10.5. The summed E-state index contributed by atoms with van der Waals surface area (Å²) in [5.74, 6) is 5.06. The number of carboxylic acid groups (broad SMARTS) is 1. The van der Waals surface area contributed by atoms with Gasteiger partial charge in [-0.25, -0.2) is 0 Å². The van der Waals surface area contributed by atoms with Gasteiger partial charge in [-0.1, -0.05) is 40.8 Å². The SMILES string of the molecule is Cc1ccc(C(O)C#CC2CC3C(=NOCCC(=O)O)CC3C2O)c(C)c1. The van der Waals surface area contributed by atoms with Gasteiger partial charge in [0.15, 0.2) is 0 Å². The largest absolute Gasteiger partial charge is 0.481 e. The van der Waals surface area contributed by atoms with Gasteiger partial charge in [-0.05, 0) is 43.7 Å². The zero-order chi connectivity index (χ0) is 19.6. The van der Waals surface area contributed by atoms with Crippen LogP contribution in [-0.2, 0) is 9.63 Å². The Morgan fingerprint density at radius 2 is 2.19 bits per heavy atom. The highest BCUT2D eigenvalue weighted by Gasteiger charge is 2.51. The number of fused-ring (bicyclic) bond motifs is 1. The summed E-state index contributed by atoms with van der Waals surface area (Å²) in [5, 5.41) is 33.4. The van der Waals surface area contributed by atoms with E-state index in [9.17, 15) is 15.0 Å². The lowest BCUT2D eigenvalue weighted by molar-refractivity contribution is -0.138. The van der Waals surface area contributed by atoms with Crippen molar-refractivity contribution in [1.82, 2.24) is 0 Å². The molecule has 0 saturated heterocycles. The number of aliphatic hydroxyl groups excluding tert-OH is 2. The summed E-state index contributed by atoms with van der Waals surface area (Å²) >= 11 is 0. The van der Waals surface area contributed by atoms with Crippen LogP contribution in [-0.4, -0.2) is 39.7 Å². The van der Waals surface area contributed by atoms with Gasteiger partial charge in [-0.2, -0.15) is 0 Å². The highest BCUT2D eigenvalue weighted by atomic mass is 16.6. The lowest BCUT2D eigenvalue weighted by Gasteiger charge is -2.33. The lowest BCUT2D eigenvalue weighted by atomic mass is 9.73. The van der Waals surface area contributed by atoms with Crippen LogP contribution in [0.25, 0.3) is 0 Å². The Kier molecular flexibility index (Phi) is 5.83. The summed E-state index contributed by atoms with van der Waals surface area (Å²) in [6.45, 7) is 4.00. The smallest absolute Gasteiger partial charge is 0.306 e. The predicted octanol–water partition coefficient (Wildman–Crippen LogP) is 2.20. The lowest BCUT2D eigenvalue weighted by Crippen LogP contribution is -2.38. The van der Waals surface area contributed by atoms with E-state index in [2.05, 4.69) is 17.0 Å². The van der Waals surface area contributed by atoms with E-state index in [1.807, 2.05) is 32.0 Å². The molecule has 0 heterocycles. The van der Waals surface area contributed by atoms with Crippen molar-refractivity contribution in [2.24, 2.45) is 22.9 Å². The number of benzene rings is 1. The predicted molar refractivity (Wildman–Crippen MR) is 100 cm³/mol. The van der Waals surface area contributed by atoms with E-state index in [1.54, 1.807) is 0 Å². The molecule has 0 amide bonds. The van der Waals surface area contributed by atoms with Gasteiger partial charge in [0.25, 0.3) is 0 Å². The molecular weight excluding hydrogens is 346 g/mol. The van der Waals surface area contributed by atoms with Crippen molar-refractivity contribution >= 4 is 11.7 Å². The Hall–Kier alpha value is -2.36. The molecule has 144 valence electrons. The Labute approximate surface area is 158 Å². The van der Waals surface area contributed by atoms with Gasteiger partial charge in [0.05, 0.1) is 18.2 Å². The van der Waals surface area contributed by atoms with Crippen LogP contribution in [0, 0.1) is 43.4 Å². The minimum Gasteiger partial charge on any atom is -0.481 e. The van der Waals surface area contributed by atoms with Gasteiger partial charge < -0.3 is 20.2 Å². The van der Waals surface area contributed by atoms with Crippen molar-refractivity contribution in [3.63, 3.8) is 0 Å². The van der Waals surface area contributed by atoms with E-state index in [0.717, 1.165) is 22.4 Å². The zero-order valence-corrected chi connectivity index (χ0v) is 15.6. The third kappa shape index (κ3) is 4.32. The molecule has 0 spiro atoms. The fourth-order valence-electron chi connectivity index (χ4n) is 3.91. The molecule has 2 saturated carbocycles. The van der Waals surface area contributed by atoms with Crippen molar-refractivity contribution in [2.75, 3.05) is 6.61 Å². The fourth-order valence-corrected chi connectivity index (χ4v) is 3.91. The Bertz CT molecular complexity index is 807. The van der Waals surface area contributed by atoms with Crippen LogP contribution in [0.4, 0.5) is 0 Å². The van der Waals surface area contributed by atoms with Crippen LogP contribution >= 0.6 is 0 Å². The molecule has 2 fully saturated rings. The number of hydrogen-bond acceptors (Lipinski definition) is 5. The van der Waals surface area contributed by atoms with Gasteiger partial charge in [0.1, 0.15) is 12.7 Å². The number of nitrogens with zero attached hydrogens (tertiary/aromatic N) is 1. The molecule has 2 aliphatic rings. The second kappa shape index (κ2) is 8.12. The Morgan fingerprint density at radius 1 is 1.41 bits per heavy atom. The van der Waals surface area contributed by atoms with Crippen molar-refractivity contribution < 1.29 is 25.0 Å². The number of carbonyl (C=O) groups is 1. The molecule has 27 heavy (non-hydrogen) atoms. The van der Waals surface area contributed by atoms with Crippen LogP contribution in [0.2, 0.25) is 0 Å². The van der Waals surface area contributed by atoms with Gasteiger partial charge in [-0.3, -0.25) is 4.79 Å². The first-order valence-electron chi connectivity index (χ1n) is 9.21. The maximum Gasteiger partial charge on any atom is 0.306 e. The third-order valence-electron chi connectivity index (χ3n) is 5.46. The molecule has 1 aromatic rings. The number of hydrogen-bond donors (Lipinski definition) is 3. The van der Waals surface area contributed by atoms with E-state index >= 15 is 0 Å². The molecule has 3 N–H and O–H groups in total. The van der Waals surface area contributed by atoms with Gasteiger partial charge in [-0.15, -0.1) is 0 Å². The van der Waals surface area contributed by atoms with Gasteiger partial charge in [0, 0.05) is 11.8 Å². The van der Waals surface area contributed by atoms with Gasteiger partial charge in [0.2, 0.25) is 0 Å². The number of rotatable bonds is 5. The molecule has 0 radical (unpaired) electrons. The van der Waals surface area contributed by atoms with E-state index in [0.29, 0.717) is 12.8 Å². The first-order valence-corrected chi connectivity index (χ1v) is 9.21.